The Kier molecular flexibility index (Phi) is 3.23. The number of halogens is 2. The molecule has 0 saturated carbocycles. The smallest absolute Gasteiger partial charge is 0.269 e. The zero-order valence-electron chi connectivity index (χ0n) is 8.72. The van der Waals surface area contributed by atoms with Gasteiger partial charge >= 0.3 is 0 Å². The number of nitrogens with zero attached hydrogens (tertiary/aromatic N) is 1. The largest absolute Gasteiger partial charge is 0.295 e. The van der Waals surface area contributed by atoms with E-state index in [1.54, 1.807) is 0 Å². The van der Waals surface area contributed by atoms with Gasteiger partial charge in [-0.1, -0.05) is 11.6 Å². The second kappa shape index (κ2) is 4.55. The molecular formula is C10H6Cl2N2O4. The summed E-state index contributed by atoms with van der Waals surface area (Å²) >= 11 is 11.7. The Morgan fingerprint density at radius 1 is 1.28 bits per heavy atom. The normalized spacial score (nSPS) is 23.0. The number of alkyl halides is 1. The molecule has 0 radical (unpaired) electrons. The molecule has 1 aromatic carbocycles. The average molecular weight is 289 g/mol. The molecule has 18 heavy (non-hydrogen) atoms. The van der Waals surface area contributed by atoms with Gasteiger partial charge in [-0.15, -0.1) is 11.6 Å². The SMILES string of the molecule is O=C1NC(=O)C(c2cc([N+](=O)[O-])ccc2Cl)C1Cl. The molecule has 2 rings (SSSR count). The Morgan fingerprint density at radius 2 is 1.94 bits per heavy atom. The lowest BCUT2D eigenvalue weighted by Crippen LogP contribution is -2.22. The number of non-ortho nitro benzene ring substituents is 1. The molecule has 0 aromatic heterocycles. The van der Waals surface area contributed by atoms with E-state index < -0.39 is 28.0 Å². The number of hydrogen-bond donors (Lipinski definition) is 1. The van der Waals surface area contributed by atoms with E-state index in [0.29, 0.717) is 0 Å². The van der Waals surface area contributed by atoms with Crippen LogP contribution >= 0.6 is 23.2 Å². The van der Waals surface area contributed by atoms with Crippen molar-refractivity contribution in [2.45, 2.75) is 11.3 Å². The van der Waals surface area contributed by atoms with Crippen molar-refractivity contribution in [3.8, 4) is 0 Å². The summed E-state index contributed by atoms with van der Waals surface area (Å²) in [7, 11) is 0. The number of imide groups is 1. The third kappa shape index (κ3) is 2.04. The van der Waals surface area contributed by atoms with Crippen LogP contribution in [0.3, 0.4) is 0 Å². The molecule has 94 valence electrons. The van der Waals surface area contributed by atoms with Gasteiger partial charge in [-0.2, -0.15) is 0 Å². The van der Waals surface area contributed by atoms with Gasteiger partial charge in [0.05, 0.1) is 10.8 Å². The number of benzene rings is 1. The molecule has 6 nitrogen and oxygen atoms in total. The molecule has 0 spiro atoms. The van der Waals surface area contributed by atoms with Crippen LogP contribution in [0, 0.1) is 10.1 Å². The van der Waals surface area contributed by atoms with Crippen molar-refractivity contribution in [2.75, 3.05) is 0 Å². The molecule has 1 aliphatic heterocycles. The quantitative estimate of drug-likeness (QED) is 0.387. The molecule has 8 heteroatoms. The monoisotopic (exact) mass is 288 g/mol. The van der Waals surface area contributed by atoms with Gasteiger partial charge < -0.3 is 0 Å². The van der Waals surface area contributed by atoms with Crippen LogP contribution in [0.25, 0.3) is 0 Å². The van der Waals surface area contributed by atoms with Crippen LogP contribution in [0.5, 0.6) is 0 Å². The summed E-state index contributed by atoms with van der Waals surface area (Å²) in [6.07, 6.45) is 0. The highest BCUT2D eigenvalue weighted by Crippen LogP contribution is 2.35. The van der Waals surface area contributed by atoms with Crippen molar-refractivity contribution < 1.29 is 14.5 Å². The zero-order chi connectivity index (χ0) is 13.4. The Labute approximate surface area is 111 Å². The Bertz CT molecular complexity index is 561. The van der Waals surface area contributed by atoms with E-state index >= 15 is 0 Å². The first kappa shape index (κ1) is 12.8. The second-order valence-electron chi connectivity index (χ2n) is 3.70. The fraction of sp³-hybridized carbons (Fsp3) is 0.200. The predicted molar refractivity (Wildman–Crippen MR) is 63.6 cm³/mol. The highest BCUT2D eigenvalue weighted by molar-refractivity contribution is 6.38. The minimum absolute atomic E-state index is 0.154. The van der Waals surface area contributed by atoms with Crippen LogP contribution in [0.1, 0.15) is 11.5 Å². The van der Waals surface area contributed by atoms with Gasteiger partial charge in [0.1, 0.15) is 5.38 Å². The highest BCUT2D eigenvalue weighted by atomic mass is 35.5. The maximum Gasteiger partial charge on any atom is 0.269 e. The number of rotatable bonds is 2. The van der Waals surface area contributed by atoms with E-state index in [1.807, 2.05) is 0 Å². The minimum atomic E-state index is -1.11. The standard InChI is InChI=1S/C10H6Cl2N2O4/c11-6-2-1-4(14(17)18)3-5(6)7-8(12)10(16)13-9(7)15/h1-3,7-8H,(H,13,15,16). The Morgan fingerprint density at radius 3 is 2.44 bits per heavy atom. The Hall–Kier alpha value is -1.66. The van der Waals surface area contributed by atoms with Crippen LogP contribution in [0.15, 0.2) is 18.2 Å². The van der Waals surface area contributed by atoms with Crippen LogP contribution < -0.4 is 5.32 Å². The van der Waals surface area contributed by atoms with Crippen molar-refractivity contribution in [3.63, 3.8) is 0 Å². The topological polar surface area (TPSA) is 89.3 Å². The molecule has 1 N–H and O–H groups in total. The summed E-state index contributed by atoms with van der Waals surface area (Å²) in [4.78, 5) is 32.9. The van der Waals surface area contributed by atoms with Crippen LogP contribution in [-0.4, -0.2) is 22.1 Å². The van der Waals surface area contributed by atoms with E-state index in [2.05, 4.69) is 5.32 Å². The summed E-state index contributed by atoms with van der Waals surface area (Å²) in [5, 5.41) is 11.8. The van der Waals surface area contributed by atoms with Crippen LogP contribution in [0.2, 0.25) is 5.02 Å². The van der Waals surface area contributed by atoms with Crippen molar-refractivity contribution >= 4 is 40.7 Å². The van der Waals surface area contributed by atoms with Gasteiger partial charge in [-0.3, -0.25) is 25.0 Å². The molecule has 1 saturated heterocycles. The lowest BCUT2D eigenvalue weighted by atomic mass is 9.96. The summed E-state index contributed by atoms with van der Waals surface area (Å²) in [5.41, 5.74) is -0.0420. The fourth-order valence-electron chi connectivity index (χ4n) is 1.73. The van der Waals surface area contributed by atoms with Gasteiger partial charge in [0.25, 0.3) is 5.69 Å². The van der Waals surface area contributed by atoms with Crippen molar-refractivity contribution in [3.05, 3.63) is 38.9 Å². The average Bonchev–Trinajstić information content (AvgIpc) is 2.54. The molecule has 1 heterocycles. The summed E-state index contributed by atoms with van der Waals surface area (Å²) in [6.45, 7) is 0. The van der Waals surface area contributed by atoms with Crippen molar-refractivity contribution in [2.24, 2.45) is 0 Å². The minimum Gasteiger partial charge on any atom is -0.295 e. The molecule has 2 amide bonds. The maximum atomic E-state index is 11.6. The van der Waals surface area contributed by atoms with E-state index in [1.165, 1.54) is 12.1 Å². The number of nitro benzene ring substituents is 1. The van der Waals surface area contributed by atoms with Gasteiger partial charge in [0.15, 0.2) is 0 Å². The fourth-order valence-corrected chi connectivity index (χ4v) is 2.27. The molecule has 0 bridgehead atoms. The molecule has 2 atom stereocenters. The van der Waals surface area contributed by atoms with Gasteiger partial charge in [-0.05, 0) is 11.6 Å². The molecule has 2 unspecified atom stereocenters. The highest BCUT2D eigenvalue weighted by Gasteiger charge is 2.42. The molecule has 1 aromatic rings. The number of carbonyl (C=O) groups is 2. The third-order valence-electron chi connectivity index (χ3n) is 2.60. The number of amides is 2. The van der Waals surface area contributed by atoms with Gasteiger partial charge in [0.2, 0.25) is 11.8 Å². The predicted octanol–water partition coefficient (Wildman–Crippen LogP) is 1.60. The van der Waals surface area contributed by atoms with Crippen LogP contribution in [-0.2, 0) is 9.59 Å². The van der Waals surface area contributed by atoms with E-state index in [0.717, 1.165) is 6.07 Å². The maximum absolute atomic E-state index is 11.6. The van der Waals surface area contributed by atoms with Gasteiger partial charge in [-0.25, -0.2) is 0 Å². The van der Waals surface area contributed by atoms with E-state index in [-0.39, 0.29) is 16.3 Å². The summed E-state index contributed by atoms with van der Waals surface area (Å²) in [6, 6.07) is 3.67. The molecule has 0 aliphatic carbocycles. The number of nitrogens with one attached hydrogen (secondary N) is 1. The molecular weight excluding hydrogens is 283 g/mol. The summed E-state index contributed by atoms with van der Waals surface area (Å²) in [5.74, 6) is -2.25. The first-order chi connectivity index (χ1) is 8.41. The lowest BCUT2D eigenvalue weighted by Gasteiger charge is -2.11. The molecule has 1 aliphatic rings. The zero-order valence-corrected chi connectivity index (χ0v) is 10.2. The Balaban J connectivity index is 2.50. The van der Waals surface area contributed by atoms with E-state index in [4.69, 9.17) is 23.2 Å². The lowest BCUT2D eigenvalue weighted by molar-refractivity contribution is -0.384. The molecule has 1 fully saturated rings. The third-order valence-corrected chi connectivity index (χ3v) is 3.39. The van der Waals surface area contributed by atoms with Crippen molar-refractivity contribution in [1.82, 2.24) is 5.32 Å². The first-order valence-electron chi connectivity index (χ1n) is 4.84. The van der Waals surface area contributed by atoms with Crippen molar-refractivity contribution in [1.29, 1.82) is 0 Å². The number of nitro groups is 1. The van der Waals surface area contributed by atoms with Crippen LogP contribution in [0.4, 0.5) is 5.69 Å². The summed E-state index contributed by atoms with van der Waals surface area (Å²) < 4.78 is 0. The van der Waals surface area contributed by atoms with E-state index in [9.17, 15) is 19.7 Å². The first-order valence-corrected chi connectivity index (χ1v) is 5.66. The number of carbonyl (C=O) groups excluding carboxylic acids is 2. The number of hydrogen-bond acceptors (Lipinski definition) is 4. The second-order valence-corrected chi connectivity index (χ2v) is 4.57. The van der Waals surface area contributed by atoms with Gasteiger partial charge in [0, 0.05) is 17.2 Å².